The number of fused-ring (bicyclic) bond motifs is 18. The molecule has 4 aliphatic rings. The average Bonchev–Trinajstić information content (AvgIpc) is 1.45. The molecule has 29 rings (SSSR count). The van der Waals surface area contributed by atoms with E-state index in [2.05, 4.69) is 502 Å². The van der Waals surface area contributed by atoms with Crippen molar-refractivity contribution in [1.29, 1.82) is 0 Å². The Hall–Kier alpha value is -16.3. The van der Waals surface area contributed by atoms with E-state index in [1.54, 1.807) is 0 Å². The third kappa shape index (κ3) is 11.7. The van der Waals surface area contributed by atoms with Crippen LogP contribution in [-0.2, 0) is 21.7 Å². The van der Waals surface area contributed by atoms with Gasteiger partial charge in [0.05, 0.1) is 16.7 Å². The van der Waals surface area contributed by atoms with E-state index in [0.717, 1.165) is 5.69 Å². The molecule has 1 aromatic heterocycles. The molecule has 4 aliphatic carbocycles. The maximum Gasteiger partial charge on any atom is 0.0541 e. The van der Waals surface area contributed by atoms with Crippen LogP contribution in [0.25, 0.3) is 214 Å². The van der Waals surface area contributed by atoms with Gasteiger partial charge < -0.3 is 9.47 Å². The van der Waals surface area contributed by atoms with Crippen molar-refractivity contribution in [1.82, 2.24) is 4.57 Å². The maximum absolute atomic E-state index is 2.48. The minimum absolute atomic E-state index is 0.0194. The number of nitrogens with zero attached hydrogens (tertiary/aromatic N) is 2. The van der Waals surface area contributed by atoms with E-state index in [-0.39, 0.29) is 21.7 Å². The first-order chi connectivity index (χ1) is 66.5. The highest BCUT2D eigenvalue weighted by atomic mass is 15.1. The molecule has 642 valence electrons. The Morgan fingerprint density at radius 3 is 1.08 bits per heavy atom. The fourth-order valence-corrected chi connectivity index (χ4v) is 25.1. The van der Waals surface area contributed by atoms with Gasteiger partial charge in [-0.25, -0.2) is 0 Å². The second kappa shape index (κ2) is 29.6. The van der Waals surface area contributed by atoms with Gasteiger partial charge in [-0.2, -0.15) is 0 Å². The summed E-state index contributed by atoms with van der Waals surface area (Å²) in [5.74, 6) is 0. The maximum atomic E-state index is 2.48. The van der Waals surface area contributed by atoms with Gasteiger partial charge in [-0.05, 0) is 304 Å². The van der Waals surface area contributed by atoms with Crippen molar-refractivity contribution < 1.29 is 0 Å². The molecule has 2 heteroatoms. The van der Waals surface area contributed by atoms with Crippen LogP contribution in [0.1, 0.15) is 111 Å². The summed E-state index contributed by atoms with van der Waals surface area (Å²) in [6.45, 7) is 19.0. The normalized spacial score (nSPS) is 14.2. The van der Waals surface area contributed by atoms with E-state index in [0.29, 0.717) is 0 Å². The fraction of sp³-hybridized carbons (Fsp3) is 0.0896. The quantitative estimate of drug-likeness (QED) is 0.103. The van der Waals surface area contributed by atoms with Crippen LogP contribution < -0.4 is 4.90 Å². The Labute approximate surface area is 792 Å². The predicted molar refractivity (Wildman–Crippen MR) is 581 cm³/mol. The van der Waals surface area contributed by atoms with Gasteiger partial charge in [-0.3, -0.25) is 0 Å². The summed E-state index contributed by atoms with van der Waals surface area (Å²) in [5, 5.41) is 26.7. The number of hydrogen-bond acceptors (Lipinski definition) is 1. The lowest BCUT2D eigenvalue weighted by molar-refractivity contribution is 0.660. The Morgan fingerprint density at radius 2 is 0.551 bits per heavy atom. The van der Waals surface area contributed by atoms with E-state index in [1.807, 2.05) is 0 Å². The number of para-hydroxylation sites is 2. The fourth-order valence-electron chi connectivity index (χ4n) is 25.1. The first-order valence-electron chi connectivity index (χ1n) is 48.2. The molecule has 0 saturated heterocycles. The summed E-state index contributed by atoms with van der Waals surface area (Å²) >= 11 is 0. The van der Waals surface area contributed by atoms with E-state index < -0.39 is 0 Å². The molecule has 0 saturated carbocycles. The first kappa shape index (κ1) is 79.5. The molecule has 24 aromatic carbocycles. The lowest BCUT2D eigenvalue weighted by Crippen LogP contribution is -2.16. The summed E-state index contributed by atoms with van der Waals surface area (Å²) in [4.78, 5) is 2.48. The van der Waals surface area contributed by atoms with Crippen LogP contribution in [0, 0.1) is 0 Å². The third-order valence-electron chi connectivity index (χ3n) is 31.7. The lowest BCUT2D eigenvalue weighted by Gasteiger charge is -2.30. The highest BCUT2D eigenvalue weighted by molar-refractivity contribution is 6.32. The number of anilines is 3. The molecular weight excluding hydrogens is 1640 g/mol. The molecule has 136 heavy (non-hydrogen) atoms. The molecule has 1 heterocycles. The number of hydrogen-bond donors (Lipinski definition) is 0. The Bertz CT molecular complexity index is 9300. The van der Waals surface area contributed by atoms with Gasteiger partial charge in [-0.15, -0.1) is 0 Å². The minimum atomic E-state index is -0.104. The van der Waals surface area contributed by atoms with Crippen molar-refractivity contribution in [2.24, 2.45) is 0 Å². The third-order valence-corrected chi connectivity index (χ3v) is 31.7. The summed E-state index contributed by atoms with van der Waals surface area (Å²) in [6.07, 6.45) is 4.39. The van der Waals surface area contributed by atoms with Gasteiger partial charge >= 0.3 is 0 Å². The van der Waals surface area contributed by atoms with Crippen molar-refractivity contribution >= 4 is 148 Å². The van der Waals surface area contributed by atoms with Crippen LogP contribution in [0.15, 0.2) is 425 Å². The van der Waals surface area contributed by atoms with Gasteiger partial charge in [0.25, 0.3) is 0 Å². The van der Waals surface area contributed by atoms with Gasteiger partial charge in [0.1, 0.15) is 0 Å². The summed E-state index contributed by atoms with van der Waals surface area (Å²) in [5.41, 5.74) is 39.3. The molecule has 0 radical (unpaired) electrons. The zero-order valence-electron chi connectivity index (χ0n) is 77.5. The molecule has 0 fully saturated rings. The molecular formula is C134H96N2. The van der Waals surface area contributed by atoms with E-state index >= 15 is 0 Å². The number of aromatic nitrogens is 1. The van der Waals surface area contributed by atoms with Crippen molar-refractivity contribution in [3.05, 3.63) is 480 Å². The number of benzene rings is 24. The van der Waals surface area contributed by atoms with Crippen LogP contribution in [-0.4, -0.2) is 4.57 Å². The zero-order valence-corrected chi connectivity index (χ0v) is 77.5. The van der Waals surface area contributed by atoms with Crippen molar-refractivity contribution in [3.63, 3.8) is 0 Å². The summed E-state index contributed by atoms with van der Waals surface area (Å²) in [6, 6.07) is 158. The van der Waals surface area contributed by atoms with Crippen LogP contribution in [0.5, 0.6) is 0 Å². The molecule has 0 bridgehead atoms. The van der Waals surface area contributed by atoms with Gasteiger partial charge in [-0.1, -0.05) is 413 Å². The Kier molecular flexibility index (Phi) is 17.3. The second-order valence-corrected chi connectivity index (χ2v) is 40.4. The first-order valence-corrected chi connectivity index (χ1v) is 48.2. The van der Waals surface area contributed by atoms with Gasteiger partial charge in [0, 0.05) is 54.9 Å². The lowest BCUT2D eigenvalue weighted by atomic mass is 9.80. The van der Waals surface area contributed by atoms with Gasteiger partial charge in [0.15, 0.2) is 0 Å². The Morgan fingerprint density at radius 1 is 0.199 bits per heavy atom. The highest BCUT2D eigenvalue weighted by Crippen LogP contribution is 2.60. The molecule has 0 atom stereocenters. The second-order valence-electron chi connectivity index (χ2n) is 40.4. The van der Waals surface area contributed by atoms with Crippen molar-refractivity contribution in [3.8, 4) is 83.6 Å². The van der Waals surface area contributed by atoms with E-state index in [9.17, 15) is 0 Å². The highest BCUT2D eigenvalue weighted by Gasteiger charge is 2.42. The molecule has 0 unspecified atom stereocenters. The van der Waals surface area contributed by atoms with Crippen LogP contribution >= 0.6 is 0 Å². The molecule has 25 aromatic rings. The molecule has 0 aliphatic heterocycles. The van der Waals surface area contributed by atoms with Crippen molar-refractivity contribution in [2.45, 2.75) is 77.0 Å². The minimum Gasteiger partial charge on any atom is -0.310 e. The smallest absolute Gasteiger partial charge is 0.0541 e. The molecule has 2 nitrogen and oxygen atoms in total. The largest absolute Gasteiger partial charge is 0.310 e. The standard InChI is InChI=1S/C54H41N.C49H33N.C31H22/c1-53(2)45-16-10-8-14-40(45)41-30-27-39(33-47(41)53)55(38-25-20-35(21-26-38)19-18-34-12-6-5-7-13-34)49-31-24-36-22-29-44-51-37(23-28-43(49)50(36)51)32-48-52(44)42-15-9-11-17-46(42)54(48,3)4;1-49(2)42-14-8-6-13-39(42)48-40-26-21-32-20-24-36(38-25-22-34(29-43(48)49)47(40)46(32)38)31-18-16-30(17-19-31)33-23-27-45-41(28-33)37-12-7-9-15-44(37)50(45)35-10-4-3-5-11-35;1-31(2)26-11-7-6-10-24(26)30-25-17-13-20-12-15-22(19-8-4-3-5-9-19)23-16-14-21(18-27(30)31)29(25)28(20)23/h5-33H,1-4H3;3-29H,1-2H3;3-18H,1-2H3/b19-18+;;. The predicted octanol–water partition coefficient (Wildman–Crippen LogP) is 36.7. The zero-order chi connectivity index (χ0) is 90.9. The topological polar surface area (TPSA) is 8.17 Å². The monoisotopic (exact) mass is 1730 g/mol. The van der Waals surface area contributed by atoms with E-state index in [4.69, 9.17) is 0 Å². The van der Waals surface area contributed by atoms with Crippen LogP contribution in [0.4, 0.5) is 17.1 Å². The van der Waals surface area contributed by atoms with Crippen molar-refractivity contribution in [2.75, 3.05) is 4.90 Å². The molecule has 0 spiro atoms. The average molecular weight is 1730 g/mol. The Balaban J connectivity index is 0.000000107. The summed E-state index contributed by atoms with van der Waals surface area (Å²) < 4.78 is 2.37. The molecule has 0 N–H and O–H groups in total. The SMILES string of the molecule is CC1(C)c2ccccc2-c2c1cc1ccc3c(-c4ccc(-c5ccc6c(c5)c5ccccc5n6-c5ccccc5)cc4)ccc4ccc2c1c43.CC1(C)c2ccccc2-c2c1cc1ccc3c(-c4ccccc4)ccc4ccc2c1c43.CC1(C)c2ccccc2-c2ccc(N(c3ccc(/C=C/c4ccccc4)cc3)c3ccc4ccc5c6c(cc7ccc3c4c75)C(C)(C)c3ccccc3-6)cc21. The molecule has 0 amide bonds. The van der Waals surface area contributed by atoms with Gasteiger partial charge in [0.2, 0.25) is 0 Å². The van der Waals surface area contributed by atoms with E-state index in [1.165, 1.54) is 269 Å². The number of rotatable bonds is 9. The van der Waals surface area contributed by atoms with Crippen LogP contribution in [0.3, 0.4) is 0 Å². The van der Waals surface area contributed by atoms with Crippen LogP contribution in [0.2, 0.25) is 0 Å². The summed E-state index contributed by atoms with van der Waals surface area (Å²) in [7, 11) is 0.